The van der Waals surface area contributed by atoms with E-state index in [1.807, 2.05) is 49.9 Å². The SMILES string of the molecule is C=C/C=C(/c1ccc(F)cc1)c1nc(-c2n[nH]c3ccc(-c4cnc(C)n4C)nc23)[nH]c1C. The van der Waals surface area contributed by atoms with Gasteiger partial charge >= 0.3 is 0 Å². The summed E-state index contributed by atoms with van der Waals surface area (Å²) in [6, 6.07) is 10.2. The summed E-state index contributed by atoms with van der Waals surface area (Å²) in [7, 11) is 1.96. The number of rotatable bonds is 5. The van der Waals surface area contributed by atoms with Crippen molar-refractivity contribution in [2.45, 2.75) is 13.8 Å². The molecule has 33 heavy (non-hydrogen) atoms. The molecule has 1 aromatic carbocycles. The van der Waals surface area contributed by atoms with E-state index in [0.29, 0.717) is 17.0 Å². The van der Waals surface area contributed by atoms with E-state index in [0.717, 1.165) is 45.3 Å². The van der Waals surface area contributed by atoms with Gasteiger partial charge in [-0.15, -0.1) is 0 Å². The fourth-order valence-corrected chi connectivity index (χ4v) is 3.84. The van der Waals surface area contributed by atoms with Crippen LogP contribution in [-0.4, -0.2) is 34.7 Å². The largest absolute Gasteiger partial charge is 0.340 e. The van der Waals surface area contributed by atoms with Gasteiger partial charge in [-0.25, -0.2) is 19.3 Å². The molecule has 0 aliphatic rings. The fraction of sp³-hybridized carbons (Fsp3) is 0.120. The summed E-state index contributed by atoms with van der Waals surface area (Å²) in [6.07, 6.45) is 5.37. The van der Waals surface area contributed by atoms with Crippen molar-refractivity contribution in [2.24, 2.45) is 7.05 Å². The van der Waals surface area contributed by atoms with Gasteiger partial charge < -0.3 is 9.55 Å². The van der Waals surface area contributed by atoms with Crippen LogP contribution in [0.1, 0.15) is 22.8 Å². The molecule has 5 rings (SSSR count). The lowest BCUT2D eigenvalue weighted by atomic mass is 10.0. The van der Waals surface area contributed by atoms with Crippen LogP contribution in [-0.2, 0) is 7.05 Å². The van der Waals surface area contributed by atoms with Crippen LogP contribution in [0, 0.1) is 19.7 Å². The van der Waals surface area contributed by atoms with Gasteiger partial charge in [-0.05, 0) is 43.7 Å². The molecule has 4 heterocycles. The molecule has 0 aliphatic carbocycles. The van der Waals surface area contributed by atoms with E-state index in [2.05, 4.69) is 26.7 Å². The average molecular weight is 439 g/mol. The van der Waals surface area contributed by atoms with Gasteiger partial charge in [-0.2, -0.15) is 5.10 Å². The van der Waals surface area contributed by atoms with Crippen LogP contribution in [0.2, 0.25) is 0 Å². The molecule has 0 aliphatic heterocycles. The molecule has 2 N–H and O–H groups in total. The second-order valence-corrected chi connectivity index (χ2v) is 7.80. The number of H-pyrrole nitrogens is 2. The van der Waals surface area contributed by atoms with Crippen LogP contribution in [0.4, 0.5) is 4.39 Å². The lowest BCUT2D eigenvalue weighted by molar-refractivity contribution is 0.627. The highest BCUT2D eigenvalue weighted by Crippen LogP contribution is 2.30. The van der Waals surface area contributed by atoms with E-state index in [9.17, 15) is 4.39 Å². The minimum absolute atomic E-state index is 0.287. The number of aromatic nitrogens is 7. The molecule has 0 radical (unpaired) electrons. The van der Waals surface area contributed by atoms with Crippen LogP contribution in [0.25, 0.3) is 39.5 Å². The number of halogens is 1. The van der Waals surface area contributed by atoms with Crippen molar-refractivity contribution in [1.82, 2.24) is 34.7 Å². The van der Waals surface area contributed by atoms with Crippen molar-refractivity contribution >= 4 is 16.6 Å². The Labute approximate surface area is 189 Å². The Balaban J connectivity index is 1.61. The first kappa shape index (κ1) is 20.6. The summed E-state index contributed by atoms with van der Waals surface area (Å²) in [5.41, 5.74) is 7.15. The van der Waals surface area contributed by atoms with Crippen molar-refractivity contribution in [2.75, 3.05) is 0 Å². The third-order valence-electron chi connectivity index (χ3n) is 5.69. The number of allylic oxidation sites excluding steroid dienone is 2. The Hall–Kier alpha value is -4.33. The first-order valence-corrected chi connectivity index (χ1v) is 10.5. The van der Waals surface area contributed by atoms with E-state index in [-0.39, 0.29) is 5.82 Å². The Morgan fingerprint density at radius 1 is 1.09 bits per heavy atom. The number of aromatic amines is 2. The highest BCUT2D eigenvalue weighted by Gasteiger charge is 2.19. The quantitative estimate of drug-likeness (QED) is 0.372. The fourth-order valence-electron chi connectivity index (χ4n) is 3.84. The van der Waals surface area contributed by atoms with Gasteiger partial charge in [0.1, 0.15) is 17.2 Å². The van der Waals surface area contributed by atoms with Crippen molar-refractivity contribution in [1.29, 1.82) is 0 Å². The molecule has 0 saturated heterocycles. The molecule has 0 fully saturated rings. The van der Waals surface area contributed by atoms with Crippen molar-refractivity contribution in [3.05, 3.63) is 89.9 Å². The average Bonchev–Trinajstić information content (AvgIpc) is 3.50. The Kier molecular flexibility index (Phi) is 4.97. The number of nitrogens with zero attached hydrogens (tertiary/aromatic N) is 5. The zero-order valence-electron chi connectivity index (χ0n) is 18.5. The Bertz CT molecular complexity index is 1520. The van der Waals surface area contributed by atoms with Gasteiger partial charge in [0.2, 0.25) is 0 Å². The summed E-state index contributed by atoms with van der Waals surface area (Å²) in [5, 5.41) is 7.52. The van der Waals surface area contributed by atoms with E-state index in [1.54, 1.807) is 18.2 Å². The van der Waals surface area contributed by atoms with Gasteiger partial charge in [0.05, 0.1) is 28.8 Å². The molecule has 4 aromatic heterocycles. The van der Waals surface area contributed by atoms with E-state index in [1.165, 1.54) is 12.1 Å². The lowest BCUT2D eigenvalue weighted by Crippen LogP contribution is -1.96. The number of hydrogen-bond donors (Lipinski definition) is 2. The number of benzene rings is 1. The number of nitrogens with one attached hydrogen (secondary N) is 2. The molecular weight excluding hydrogens is 417 g/mol. The second-order valence-electron chi connectivity index (χ2n) is 7.80. The zero-order chi connectivity index (χ0) is 23.1. The van der Waals surface area contributed by atoms with Crippen LogP contribution in [0.3, 0.4) is 0 Å². The number of fused-ring (bicyclic) bond motifs is 1. The first-order chi connectivity index (χ1) is 16.0. The summed E-state index contributed by atoms with van der Waals surface area (Å²) in [4.78, 5) is 17.4. The predicted octanol–water partition coefficient (Wildman–Crippen LogP) is 5.12. The maximum Gasteiger partial charge on any atom is 0.161 e. The molecule has 8 heteroatoms. The van der Waals surface area contributed by atoms with Crippen LogP contribution < -0.4 is 0 Å². The zero-order valence-corrected chi connectivity index (χ0v) is 18.5. The van der Waals surface area contributed by atoms with Crippen molar-refractivity contribution < 1.29 is 4.39 Å². The molecule has 0 bridgehead atoms. The van der Waals surface area contributed by atoms with Crippen LogP contribution in [0.15, 0.2) is 61.3 Å². The number of imidazole rings is 2. The smallest absolute Gasteiger partial charge is 0.161 e. The van der Waals surface area contributed by atoms with E-state index < -0.39 is 0 Å². The molecule has 7 nitrogen and oxygen atoms in total. The standard InChI is InChI=1S/C25H22FN7/c1-5-6-18(16-7-9-17(26)10-8-16)22-14(2)28-25(30-22)24-23-20(31-32-24)12-11-19(29-23)21-13-27-15(3)33(21)4/h5-13H,1H2,2-4H3,(H,28,30)(H,31,32)/b18-6-. The van der Waals surface area contributed by atoms with Crippen molar-refractivity contribution in [3.63, 3.8) is 0 Å². The predicted molar refractivity (Wildman–Crippen MR) is 127 cm³/mol. The Morgan fingerprint density at radius 2 is 1.88 bits per heavy atom. The van der Waals surface area contributed by atoms with Gasteiger partial charge in [-0.3, -0.25) is 5.10 Å². The Morgan fingerprint density at radius 3 is 2.58 bits per heavy atom. The molecule has 0 atom stereocenters. The molecular formula is C25H22FN7. The third-order valence-corrected chi connectivity index (χ3v) is 5.69. The molecule has 5 aromatic rings. The highest BCUT2D eigenvalue weighted by molar-refractivity contribution is 5.90. The summed E-state index contributed by atoms with van der Waals surface area (Å²) < 4.78 is 15.5. The monoisotopic (exact) mass is 439 g/mol. The van der Waals surface area contributed by atoms with Crippen LogP contribution >= 0.6 is 0 Å². The second kappa shape index (κ2) is 7.98. The normalized spacial score (nSPS) is 11.9. The number of aryl methyl sites for hydroxylation is 2. The molecule has 0 unspecified atom stereocenters. The highest BCUT2D eigenvalue weighted by atomic mass is 19.1. The minimum Gasteiger partial charge on any atom is -0.340 e. The third kappa shape index (κ3) is 3.55. The van der Waals surface area contributed by atoms with Gasteiger partial charge in [0.15, 0.2) is 11.5 Å². The topological polar surface area (TPSA) is 88.1 Å². The van der Waals surface area contributed by atoms with Gasteiger partial charge in [0, 0.05) is 18.3 Å². The van der Waals surface area contributed by atoms with Crippen LogP contribution in [0.5, 0.6) is 0 Å². The summed E-state index contributed by atoms with van der Waals surface area (Å²) in [5.74, 6) is 1.22. The van der Waals surface area contributed by atoms with Gasteiger partial charge in [-0.1, -0.05) is 30.9 Å². The molecule has 0 amide bonds. The van der Waals surface area contributed by atoms with E-state index in [4.69, 9.17) is 9.97 Å². The molecule has 0 spiro atoms. The van der Waals surface area contributed by atoms with Crippen molar-refractivity contribution in [3.8, 4) is 22.9 Å². The minimum atomic E-state index is -0.287. The molecule has 164 valence electrons. The maximum absolute atomic E-state index is 13.5. The number of hydrogen-bond acceptors (Lipinski definition) is 4. The summed E-state index contributed by atoms with van der Waals surface area (Å²) in [6.45, 7) is 7.72. The maximum atomic E-state index is 13.5. The van der Waals surface area contributed by atoms with E-state index >= 15 is 0 Å². The lowest BCUT2D eigenvalue weighted by Gasteiger charge is -2.05. The summed E-state index contributed by atoms with van der Waals surface area (Å²) >= 11 is 0. The molecule has 0 saturated carbocycles. The van der Waals surface area contributed by atoms with Gasteiger partial charge in [0.25, 0.3) is 0 Å². The first-order valence-electron chi connectivity index (χ1n) is 10.5. The number of pyridine rings is 1.